The summed E-state index contributed by atoms with van der Waals surface area (Å²) in [6, 6.07) is 6.67. The van der Waals surface area contributed by atoms with E-state index in [1.165, 1.54) is 0 Å². The highest BCUT2D eigenvalue weighted by molar-refractivity contribution is 7.98. The summed E-state index contributed by atoms with van der Waals surface area (Å²) in [4.78, 5) is 0.303. The molecule has 1 unspecified atom stereocenters. The summed E-state index contributed by atoms with van der Waals surface area (Å²) < 4.78 is 26.8. The van der Waals surface area contributed by atoms with Crippen molar-refractivity contribution >= 4 is 27.5 Å². The van der Waals surface area contributed by atoms with E-state index < -0.39 is 10.0 Å². The van der Waals surface area contributed by atoms with E-state index in [1.807, 2.05) is 13.2 Å². The highest BCUT2D eigenvalue weighted by Gasteiger charge is 2.16. The fourth-order valence-corrected chi connectivity index (χ4v) is 3.35. The Hall–Kier alpha value is -0.720. The average Bonchev–Trinajstić information content (AvgIpc) is 2.36. The number of sulfonamides is 1. The molecule has 18 heavy (non-hydrogen) atoms. The second kappa shape index (κ2) is 7.01. The van der Waals surface area contributed by atoms with Gasteiger partial charge < -0.3 is 5.32 Å². The van der Waals surface area contributed by atoms with Crippen LogP contribution in [0.5, 0.6) is 0 Å². The number of hydrogen-bond donors (Lipinski definition) is 2. The summed E-state index contributed by atoms with van der Waals surface area (Å²) in [7, 11) is -1.60. The van der Waals surface area contributed by atoms with Gasteiger partial charge in [0, 0.05) is 18.8 Å². The molecule has 0 fully saturated rings. The lowest BCUT2D eigenvalue weighted by Crippen LogP contribution is -2.32. The van der Waals surface area contributed by atoms with Crippen LogP contribution in [0.1, 0.15) is 13.3 Å². The van der Waals surface area contributed by atoms with Crippen molar-refractivity contribution in [2.24, 2.45) is 0 Å². The van der Waals surface area contributed by atoms with E-state index in [2.05, 4.69) is 10.0 Å². The summed E-state index contributed by atoms with van der Waals surface area (Å²) in [5.74, 6) is 0.947. The summed E-state index contributed by atoms with van der Waals surface area (Å²) >= 11 is 1.71. The Morgan fingerprint density at radius 3 is 2.39 bits per heavy atom. The van der Waals surface area contributed by atoms with E-state index in [0.717, 1.165) is 17.9 Å². The van der Waals surface area contributed by atoms with Gasteiger partial charge >= 0.3 is 0 Å². The molecule has 0 saturated carbocycles. The molecular formula is C12H20N2O2S2. The zero-order valence-electron chi connectivity index (χ0n) is 10.9. The van der Waals surface area contributed by atoms with Crippen molar-refractivity contribution < 1.29 is 8.42 Å². The summed E-state index contributed by atoms with van der Waals surface area (Å²) in [5.41, 5.74) is 0.893. The number of thioether (sulfide) groups is 1. The molecule has 1 atom stereocenters. The molecule has 0 aromatic heterocycles. The van der Waals surface area contributed by atoms with Crippen LogP contribution in [0.15, 0.2) is 29.2 Å². The maximum absolute atomic E-state index is 12.1. The molecule has 0 aliphatic heterocycles. The van der Waals surface area contributed by atoms with Crippen molar-refractivity contribution in [1.29, 1.82) is 0 Å². The number of hydrogen-bond acceptors (Lipinski definition) is 4. The summed E-state index contributed by atoms with van der Waals surface area (Å²) in [6.07, 6.45) is 2.84. The zero-order chi connectivity index (χ0) is 13.6. The molecule has 1 rings (SSSR count). The average molecular weight is 288 g/mol. The standard InChI is InChI=1S/C12H20N2O2S2/c1-10(8-9-17-3)14-18(15,16)12-6-4-11(13-2)5-7-12/h4-7,10,13-14H,8-9H2,1-3H3. The van der Waals surface area contributed by atoms with E-state index in [4.69, 9.17) is 0 Å². The molecule has 1 aromatic carbocycles. The highest BCUT2D eigenvalue weighted by atomic mass is 32.2. The molecule has 102 valence electrons. The largest absolute Gasteiger partial charge is 0.388 e. The lowest BCUT2D eigenvalue weighted by Gasteiger charge is -2.13. The lowest BCUT2D eigenvalue weighted by molar-refractivity contribution is 0.557. The third kappa shape index (κ3) is 4.51. The number of nitrogens with one attached hydrogen (secondary N) is 2. The van der Waals surface area contributed by atoms with Gasteiger partial charge in [-0.15, -0.1) is 0 Å². The molecule has 0 heterocycles. The second-order valence-electron chi connectivity index (χ2n) is 4.08. The molecular weight excluding hydrogens is 268 g/mol. The van der Waals surface area contributed by atoms with E-state index in [-0.39, 0.29) is 6.04 Å². The first-order valence-electron chi connectivity index (χ1n) is 5.78. The SMILES string of the molecule is CNc1ccc(S(=O)(=O)NC(C)CCSC)cc1. The van der Waals surface area contributed by atoms with Crippen LogP contribution in [0.25, 0.3) is 0 Å². The van der Waals surface area contributed by atoms with Gasteiger partial charge in [0.15, 0.2) is 0 Å². The van der Waals surface area contributed by atoms with Crippen LogP contribution in [0.3, 0.4) is 0 Å². The van der Waals surface area contributed by atoms with Gasteiger partial charge in [-0.1, -0.05) is 0 Å². The van der Waals surface area contributed by atoms with Crippen molar-refractivity contribution in [2.45, 2.75) is 24.3 Å². The predicted molar refractivity (Wildman–Crippen MR) is 78.8 cm³/mol. The maximum atomic E-state index is 12.1. The molecule has 0 amide bonds. The van der Waals surface area contributed by atoms with E-state index in [9.17, 15) is 8.42 Å². The Morgan fingerprint density at radius 2 is 1.89 bits per heavy atom. The Kier molecular flexibility index (Phi) is 5.98. The summed E-state index contributed by atoms with van der Waals surface area (Å²) in [6.45, 7) is 1.88. The second-order valence-corrected chi connectivity index (χ2v) is 6.78. The molecule has 0 radical (unpaired) electrons. The number of anilines is 1. The van der Waals surface area contributed by atoms with Crippen LogP contribution in [0, 0.1) is 0 Å². The molecule has 6 heteroatoms. The first kappa shape index (κ1) is 15.3. The van der Waals surface area contributed by atoms with Crippen LogP contribution in [0.2, 0.25) is 0 Å². The monoisotopic (exact) mass is 288 g/mol. The Balaban J connectivity index is 2.73. The van der Waals surface area contributed by atoms with Gasteiger partial charge in [-0.3, -0.25) is 0 Å². The fraction of sp³-hybridized carbons (Fsp3) is 0.500. The van der Waals surface area contributed by atoms with Gasteiger partial charge in [0.1, 0.15) is 0 Å². The predicted octanol–water partition coefficient (Wildman–Crippen LogP) is 2.15. The molecule has 0 saturated heterocycles. The van der Waals surface area contributed by atoms with Gasteiger partial charge in [0.25, 0.3) is 0 Å². The minimum atomic E-state index is -3.40. The van der Waals surface area contributed by atoms with Crippen molar-refractivity contribution in [3.8, 4) is 0 Å². The molecule has 0 spiro atoms. The number of rotatable bonds is 7. The molecule has 4 nitrogen and oxygen atoms in total. The molecule has 0 bridgehead atoms. The van der Waals surface area contributed by atoms with Crippen LogP contribution in [-0.4, -0.2) is 33.5 Å². The van der Waals surface area contributed by atoms with Crippen LogP contribution < -0.4 is 10.0 Å². The fourth-order valence-electron chi connectivity index (χ4n) is 1.49. The van der Waals surface area contributed by atoms with Gasteiger partial charge in [-0.2, -0.15) is 11.8 Å². The topological polar surface area (TPSA) is 58.2 Å². The highest BCUT2D eigenvalue weighted by Crippen LogP contribution is 2.14. The Labute approximate surface area is 114 Å². The maximum Gasteiger partial charge on any atom is 0.240 e. The van der Waals surface area contributed by atoms with Gasteiger partial charge in [0.05, 0.1) is 4.90 Å². The third-order valence-corrected chi connectivity index (χ3v) is 4.81. The first-order chi connectivity index (χ1) is 8.49. The minimum absolute atomic E-state index is 0.0496. The molecule has 2 N–H and O–H groups in total. The number of benzene rings is 1. The van der Waals surface area contributed by atoms with Gasteiger partial charge in [0.2, 0.25) is 10.0 Å². The summed E-state index contributed by atoms with van der Waals surface area (Å²) in [5, 5.41) is 2.96. The zero-order valence-corrected chi connectivity index (χ0v) is 12.6. The Bertz CT molecular complexity index is 457. The van der Waals surface area contributed by atoms with Crippen LogP contribution in [0.4, 0.5) is 5.69 Å². The quantitative estimate of drug-likeness (QED) is 0.807. The van der Waals surface area contributed by atoms with E-state index >= 15 is 0 Å². The molecule has 0 aliphatic rings. The minimum Gasteiger partial charge on any atom is -0.388 e. The van der Waals surface area contributed by atoms with E-state index in [1.54, 1.807) is 43.1 Å². The first-order valence-corrected chi connectivity index (χ1v) is 8.66. The van der Waals surface area contributed by atoms with Crippen molar-refractivity contribution in [2.75, 3.05) is 24.4 Å². The van der Waals surface area contributed by atoms with Crippen LogP contribution >= 0.6 is 11.8 Å². The van der Waals surface area contributed by atoms with Crippen LogP contribution in [-0.2, 0) is 10.0 Å². The van der Waals surface area contributed by atoms with Crippen molar-refractivity contribution in [1.82, 2.24) is 4.72 Å². The lowest BCUT2D eigenvalue weighted by atomic mass is 10.3. The smallest absolute Gasteiger partial charge is 0.240 e. The molecule has 1 aromatic rings. The molecule has 0 aliphatic carbocycles. The van der Waals surface area contributed by atoms with Gasteiger partial charge in [-0.25, -0.2) is 13.1 Å². The van der Waals surface area contributed by atoms with Gasteiger partial charge in [-0.05, 0) is 49.6 Å². The van der Waals surface area contributed by atoms with Crippen molar-refractivity contribution in [3.63, 3.8) is 0 Å². The normalized spacial score (nSPS) is 13.3. The third-order valence-electron chi connectivity index (χ3n) is 2.56. The Morgan fingerprint density at radius 1 is 1.28 bits per heavy atom. The van der Waals surface area contributed by atoms with E-state index in [0.29, 0.717) is 4.90 Å². The van der Waals surface area contributed by atoms with Crippen molar-refractivity contribution in [3.05, 3.63) is 24.3 Å².